The van der Waals surface area contributed by atoms with Crippen molar-refractivity contribution in [2.24, 2.45) is 5.92 Å². The summed E-state index contributed by atoms with van der Waals surface area (Å²) >= 11 is 7.57. The van der Waals surface area contributed by atoms with Crippen LogP contribution in [0, 0.1) is 5.92 Å². The van der Waals surface area contributed by atoms with Crippen molar-refractivity contribution < 1.29 is 4.79 Å². The van der Waals surface area contributed by atoms with Crippen LogP contribution in [0.5, 0.6) is 0 Å². The van der Waals surface area contributed by atoms with Gasteiger partial charge in [-0.3, -0.25) is 4.79 Å². The molecular formula is C15H22Cl2N2OS. The van der Waals surface area contributed by atoms with Gasteiger partial charge in [0.2, 0.25) is 5.91 Å². The van der Waals surface area contributed by atoms with Gasteiger partial charge in [0.25, 0.3) is 0 Å². The van der Waals surface area contributed by atoms with Crippen LogP contribution in [-0.2, 0) is 4.79 Å². The number of amides is 1. The van der Waals surface area contributed by atoms with Crippen molar-refractivity contribution in [3.63, 3.8) is 0 Å². The molecule has 0 bridgehead atoms. The topological polar surface area (TPSA) is 41.1 Å². The molecule has 118 valence electrons. The number of rotatable bonds is 5. The Morgan fingerprint density at radius 1 is 1.43 bits per heavy atom. The molecule has 3 nitrogen and oxygen atoms in total. The summed E-state index contributed by atoms with van der Waals surface area (Å²) in [5.41, 5.74) is 0. The lowest BCUT2D eigenvalue weighted by molar-refractivity contribution is -0.125. The molecule has 0 unspecified atom stereocenters. The molecule has 1 aliphatic rings. The quantitative estimate of drug-likeness (QED) is 0.633. The number of carbonyl (C=O) groups excluding carboxylic acids is 1. The van der Waals surface area contributed by atoms with Crippen LogP contribution in [-0.4, -0.2) is 30.8 Å². The number of nitrogens with one attached hydrogen (secondary N) is 2. The highest BCUT2D eigenvalue weighted by Crippen LogP contribution is 2.20. The van der Waals surface area contributed by atoms with Gasteiger partial charge in [0.1, 0.15) is 0 Å². The first-order valence-corrected chi connectivity index (χ1v) is 8.41. The predicted octanol–water partition coefficient (Wildman–Crippen LogP) is 3.36. The van der Waals surface area contributed by atoms with Gasteiger partial charge in [0, 0.05) is 34.2 Å². The summed E-state index contributed by atoms with van der Waals surface area (Å²) < 4.78 is 0. The molecule has 1 amide bonds. The summed E-state index contributed by atoms with van der Waals surface area (Å²) in [7, 11) is 0. The van der Waals surface area contributed by atoms with Crippen molar-refractivity contribution in [3.05, 3.63) is 29.3 Å². The fourth-order valence-corrected chi connectivity index (χ4v) is 3.28. The van der Waals surface area contributed by atoms with Gasteiger partial charge >= 0.3 is 0 Å². The van der Waals surface area contributed by atoms with Crippen molar-refractivity contribution in [1.29, 1.82) is 0 Å². The molecule has 2 atom stereocenters. The number of carbonyl (C=O) groups is 1. The van der Waals surface area contributed by atoms with E-state index in [4.69, 9.17) is 11.6 Å². The van der Waals surface area contributed by atoms with Gasteiger partial charge in [-0.15, -0.1) is 24.2 Å². The number of thioether (sulfide) groups is 1. The molecule has 1 aliphatic heterocycles. The first-order valence-electron chi connectivity index (χ1n) is 7.04. The molecule has 0 spiro atoms. The lowest BCUT2D eigenvalue weighted by Gasteiger charge is -2.27. The molecule has 0 radical (unpaired) electrons. The highest BCUT2D eigenvalue weighted by Gasteiger charge is 2.24. The van der Waals surface area contributed by atoms with Crippen LogP contribution in [0.3, 0.4) is 0 Å². The monoisotopic (exact) mass is 348 g/mol. The maximum absolute atomic E-state index is 12.0. The van der Waals surface area contributed by atoms with E-state index in [0.29, 0.717) is 12.6 Å². The lowest BCUT2D eigenvalue weighted by atomic mass is 9.92. The second-order valence-corrected chi connectivity index (χ2v) is 6.77. The first kappa shape index (κ1) is 18.6. The average Bonchev–Trinajstić information content (AvgIpc) is 2.45. The Kier molecular flexibility index (Phi) is 8.49. The van der Waals surface area contributed by atoms with Gasteiger partial charge in [-0.05, 0) is 50.6 Å². The van der Waals surface area contributed by atoms with E-state index in [-0.39, 0.29) is 24.2 Å². The van der Waals surface area contributed by atoms with Crippen LogP contribution < -0.4 is 10.6 Å². The highest BCUT2D eigenvalue weighted by atomic mass is 35.5. The zero-order valence-electron chi connectivity index (χ0n) is 12.1. The van der Waals surface area contributed by atoms with Crippen molar-refractivity contribution in [3.8, 4) is 0 Å². The summed E-state index contributed by atoms with van der Waals surface area (Å²) in [6.45, 7) is 3.79. The highest BCUT2D eigenvalue weighted by molar-refractivity contribution is 7.99. The smallest absolute Gasteiger partial charge is 0.223 e. The molecule has 2 rings (SSSR count). The summed E-state index contributed by atoms with van der Waals surface area (Å²) in [4.78, 5) is 13.2. The van der Waals surface area contributed by atoms with E-state index in [1.807, 2.05) is 24.3 Å². The first-order chi connectivity index (χ1) is 9.65. The molecule has 1 aromatic rings. The third kappa shape index (κ3) is 6.47. The van der Waals surface area contributed by atoms with E-state index >= 15 is 0 Å². The normalized spacial score (nSPS) is 21.4. The van der Waals surface area contributed by atoms with E-state index in [0.717, 1.165) is 30.2 Å². The van der Waals surface area contributed by atoms with Crippen molar-refractivity contribution in [1.82, 2.24) is 10.6 Å². The number of hydrogen-bond acceptors (Lipinski definition) is 3. The molecule has 1 fully saturated rings. The summed E-state index contributed by atoms with van der Waals surface area (Å²) in [5, 5.41) is 7.16. The molecule has 0 saturated carbocycles. The Hall–Kier alpha value is -0.420. The van der Waals surface area contributed by atoms with Crippen LogP contribution in [0.4, 0.5) is 0 Å². The lowest BCUT2D eigenvalue weighted by Crippen LogP contribution is -2.42. The molecule has 2 N–H and O–H groups in total. The fraction of sp³-hybridized carbons (Fsp3) is 0.533. The molecular weight excluding hydrogens is 327 g/mol. The van der Waals surface area contributed by atoms with Gasteiger partial charge in [-0.2, -0.15) is 0 Å². The van der Waals surface area contributed by atoms with E-state index in [9.17, 15) is 4.79 Å². The van der Waals surface area contributed by atoms with Gasteiger partial charge in [-0.1, -0.05) is 11.6 Å². The van der Waals surface area contributed by atoms with E-state index in [1.54, 1.807) is 11.8 Å². The Bertz CT molecular complexity index is 442. The minimum atomic E-state index is 0. The predicted molar refractivity (Wildman–Crippen MR) is 92.6 cm³/mol. The number of benzene rings is 1. The third-order valence-corrected chi connectivity index (χ3v) is 4.74. The fourth-order valence-electron chi connectivity index (χ4n) is 2.39. The number of halogens is 2. The number of hydrogen-bond donors (Lipinski definition) is 2. The van der Waals surface area contributed by atoms with Crippen molar-refractivity contribution in [2.75, 3.05) is 18.8 Å². The standard InChI is InChI=1S/C15H21ClN2OS.ClH/c1-11-10-12(6-7-17-11)15(19)18-8-9-20-14-4-2-13(16)3-5-14;/h2-5,11-12,17H,6-10H2,1H3,(H,18,19);1H/t11-,12-;/m0./s1. The Morgan fingerprint density at radius 2 is 2.14 bits per heavy atom. The van der Waals surface area contributed by atoms with E-state index in [2.05, 4.69) is 17.6 Å². The third-order valence-electron chi connectivity index (χ3n) is 3.48. The molecule has 1 heterocycles. The van der Waals surface area contributed by atoms with Crippen molar-refractivity contribution in [2.45, 2.75) is 30.7 Å². The summed E-state index contributed by atoms with van der Waals surface area (Å²) in [6.07, 6.45) is 1.89. The summed E-state index contributed by atoms with van der Waals surface area (Å²) in [6, 6.07) is 8.23. The van der Waals surface area contributed by atoms with Gasteiger partial charge in [0.15, 0.2) is 0 Å². The Morgan fingerprint density at radius 3 is 2.81 bits per heavy atom. The Balaban J connectivity index is 0.00000220. The molecule has 0 aromatic heterocycles. The van der Waals surface area contributed by atoms with Crippen LogP contribution in [0.1, 0.15) is 19.8 Å². The second-order valence-electron chi connectivity index (χ2n) is 5.17. The van der Waals surface area contributed by atoms with Gasteiger partial charge in [0.05, 0.1) is 0 Å². The molecule has 1 aromatic carbocycles. The zero-order valence-corrected chi connectivity index (χ0v) is 14.5. The maximum atomic E-state index is 12.0. The van der Waals surface area contributed by atoms with Gasteiger partial charge < -0.3 is 10.6 Å². The van der Waals surface area contributed by atoms with Gasteiger partial charge in [-0.25, -0.2) is 0 Å². The molecule has 21 heavy (non-hydrogen) atoms. The van der Waals surface area contributed by atoms with Crippen LogP contribution in [0.25, 0.3) is 0 Å². The Labute approximate surface area is 142 Å². The largest absolute Gasteiger partial charge is 0.355 e. The summed E-state index contributed by atoms with van der Waals surface area (Å²) in [5.74, 6) is 1.26. The zero-order chi connectivity index (χ0) is 14.4. The molecule has 1 saturated heterocycles. The van der Waals surface area contributed by atoms with Crippen molar-refractivity contribution >= 4 is 41.7 Å². The second kappa shape index (κ2) is 9.57. The minimum absolute atomic E-state index is 0. The maximum Gasteiger partial charge on any atom is 0.223 e. The molecule has 0 aliphatic carbocycles. The SMILES string of the molecule is C[C@H]1C[C@@H](C(=O)NCCSc2ccc(Cl)cc2)CCN1.Cl. The van der Waals surface area contributed by atoms with Crippen LogP contribution in [0.15, 0.2) is 29.2 Å². The number of piperidine rings is 1. The van der Waals surface area contributed by atoms with E-state index < -0.39 is 0 Å². The van der Waals surface area contributed by atoms with Crippen LogP contribution in [0.2, 0.25) is 5.02 Å². The minimum Gasteiger partial charge on any atom is -0.355 e. The van der Waals surface area contributed by atoms with E-state index in [1.165, 1.54) is 4.90 Å². The van der Waals surface area contributed by atoms with Crippen LogP contribution >= 0.6 is 35.8 Å². The molecule has 6 heteroatoms. The average molecular weight is 349 g/mol.